The molecule has 23 heavy (non-hydrogen) atoms. The Labute approximate surface area is 141 Å². The number of aromatic nitrogens is 2. The Morgan fingerprint density at radius 3 is 2.91 bits per heavy atom. The summed E-state index contributed by atoms with van der Waals surface area (Å²) in [4.78, 5) is 15.7. The van der Waals surface area contributed by atoms with Gasteiger partial charge in [-0.1, -0.05) is 18.2 Å². The first-order chi connectivity index (χ1) is 11.2. The van der Waals surface area contributed by atoms with Crippen molar-refractivity contribution in [3.8, 4) is 0 Å². The van der Waals surface area contributed by atoms with Gasteiger partial charge in [0.2, 0.25) is 5.91 Å². The number of benzene rings is 1. The summed E-state index contributed by atoms with van der Waals surface area (Å²) in [5.74, 6) is 1.95. The van der Waals surface area contributed by atoms with Gasteiger partial charge in [0, 0.05) is 42.9 Å². The molecule has 0 spiro atoms. The second kappa shape index (κ2) is 7.68. The standard InChI is InChI=1S/C18H23N3OS/c1-15-11-19-21(12-15)10-8-18(22)20-9-7-16(13-20)14-23-17-5-3-2-4-6-17/h2-6,11-12,16H,7-10,13-14H2,1H3. The molecular formula is C18H23N3OS. The van der Waals surface area contributed by atoms with Gasteiger partial charge in [-0.05, 0) is 37.0 Å². The zero-order valence-electron chi connectivity index (χ0n) is 13.5. The maximum absolute atomic E-state index is 12.3. The van der Waals surface area contributed by atoms with E-state index in [1.807, 2.05) is 46.7 Å². The van der Waals surface area contributed by atoms with E-state index in [4.69, 9.17) is 0 Å². The molecule has 5 heteroatoms. The number of carbonyl (C=O) groups excluding carboxylic acids is 1. The normalized spacial score (nSPS) is 17.6. The van der Waals surface area contributed by atoms with Crippen LogP contribution < -0.4 is 0 Å². The lowest BCUT2D eigenvalue weighted by molar-refractivity contribution is -0.130. The molecule has 122 valence electrons. The van der Waals surface area contributed by atoms with E-state index in [2.05, 4.69) is 29.4 Å². The Bertz CT molecular complexity index is 641. The van der Waals surface area contributed by atoms with E-state index in [0.717, 1.165) is 30.8 Å². The molecule has 4 nitrogen and oxygen atoms in total. The van der Waals surface area contributed by atoms with Gasteiger partial charge in [-0.3, -0.25) is 9.48 Å². The number of amides is 1. The van der Waals surface area contributed by atoms with Crippen LogP contribution >= 0.6 is 11.8 Å². The van der Waals surface area contributed by atoms with E-state index in [1.54, 1.807) is 0 Å². The molecule has 0 bridgehead atoms. The number of aryl methyl sites for hydroxylation is 2. The fourth-order valence-electron chi connectivity index (χ4n) is 2.88. The summed E-state index contributed by atoms with van der Waals surface area (Å²) in [6, 6.07) is 10.5. The maximum atomic E-state index is 12.3. The summed E-state index contributed by atoms with van der Waals surface area (Å²) in [6.45, 7) is 4.49. The molecule has 3 rings (SSSR count). The van der Waals surface area contributed by atoms with Gasteiger partial charge in [-0.15, -0.1) is 11.8 Å². The smallest absolute Gasteiger partial charge is 0.224 e. The van der Waals surface area contributed by atoms with Crippen molar-refractivity contribution >= 4 is 17.7 Å². The molecule has 1 atom stereocenters. The molecule has 2 heterocycles. The van der Waals surface area contributed by atoms with Crippen molar-refractivity contribution < 1.29 is 4.79 Å². The SMILES string of the molecule is Cc1cnn(CCC(=O)N2CCC(CSc3ccccc3)C2)c1. The first-order valence-electron chi connectivity index (χ1n) is 8.15. The van der Waals surface area contributed by atoms with Gasteiger partial charge in [-0.2, -0.15) is 5.10 Å². The van der Waals surface area contributed by atoms with Crippen molar-refractivity contribution in [3.05, 3.63) is 48.3 Å². The van der Waals surface area contributed by atoms with Gasteiger partial charge in [0.25, 0.3) is 0 Å². The predicted octanol–water partition coefficient (Wildman–Crippen LogP) is 3.22. The highest BCUT2D eigenvalue weighted by Gasteiger charge is 2.25. The summed E-state index contributed by atoms with van der Waals surface area (Å²) in [7, 11) is 0. The van der Waals surface area contributed by atoms with Crippen LogP contribution in [-0.2, 0) is 11.3 Å². The summed E-state index contributed by atoms with van der Waals surface area (Å²) in [5, 5.41) is 4.23. The van der Waals surface area contributed by atoms with E-state index in [0.29, 0.717) is 18.9 Å². The van der Waals surface area contributed by atoms with Crippen LogP contribution in [0.4, 0.5) is 0 Å². The molecule has 1 aromatic heterocycles. The third-order valence-electron chi connectivity index (χ3n) is 4.18. The van der Waals surface area contributed by atoms with Crippen LogP contribution in [-0.4, -0.2) is 39.4 Å². The highest BCUT2D eigenvalue weighted by Crippen LogP contribution is 2.26. The van der Waals surface area contributed by atoms with Crippen molar-refractivity contribution in [2.45, 2.75) is 31.2 Å². The summed E-state index contributed by atoms with van der Waals surface area (Å²) in [5.41, 5.74) is 1.14. The molecule has 1 saturated heterocycles. The lowest BCUT2D eigenvalue weighted by Gasteiger charge is -2.16. The van der Waals surface area contributed by atoms with Crippen LogP contribution in [0.1, 0.15) is 18.4 Å². The van der Waals surface area contributed by atoms with Gasteiger partial charge in [0.05, 0.1) is 6.20 Å². The van der Waals surface area contributed by atoms with Crippen LogP contribution in [0, 0.1) is 12.8 Å². The summed E-state index contributed by atoms with van der Waals surface area (Å²) >= 11 is 1.89. The number of likely N-dealkylation sites (tertiary alicyclic amines) is 1. The van der Waals surface area contributed by atoms with Crippen LogP contribution in [0.25, 0.3) is 0 Å². The van der Waals surface area contributed by atoms with Crippen LogP contribution in [0.5, 0.6) is 0 Å². The zero-order chi connectivity index (χ0) is 16.1. The second-order valence-corrected chi connectivity index (χ2v) is 7.24. The molecule has 1 aliphatic heterocycles. The first kappa shape index (κ1) is 16.1. The third-order valence-corrected chi connectivity index (χ3v) is 5.43. The molecule has 0 radical (unpaired) electrons. The Balaban J connectivity index is 1.41. The predicted molar refractivity (Wildman–Crippen MR) is 93.4 cm³/mol. The lowest BCUT2D eigenvalue weighted by atomic mass is 10.2. The number of hydrogen-bond acceptors (Lipinski definition) is 3. The van der Waals surface area contributed by atoms with Crippen LogP contribution in [0.15, 0.2) is 47.6 Å². The van der Waals surface area contributed by atoms with E-state index in [-0.39, 0.29) is 5.91 Å². The van der Waals surface area contributed by atoms with Gasteiger partial charge >= 0.3 is 0 Å². The molecule has 1 fully saturated rings. The van der Waals surface area contributed by atoms with Gasteiger partial charge in [0.15, 0.2) is 0 Å². The largest absolute Gasteiger partial charge is 0.342 e. The topological polar surface area (TPSA) is 38.1 Å². The van der Waals surface area contributed by atoms with Crippen molar-refractivity contribution in [2.75, 3.05) is 18.8 Å². The second-order valence-electron chi connectivity index (χ2n) is 6.15. The minimum absolute atomic E-state index is 0.255. The number of thioether (sulfide) groups is 1. The van der Waals surface area contributed by atoms with Crippen molar-refractivity contribution in [1.29, 1.82) is 0 Å². The quantitative estimate of drug-likeness (QED) is 0.764. The van der Waals surface area contributed by atoms with Crippen molar-refractivity contribution in [1.82, 2.24) is 14.7 Å². The van der Waals surface area contributed by atoms with E-state index < -0.39 is 0 Å². The molecule has 1 unspecified atom stereocenters. The minimum Gasteiger partial charge on any atom is -0.342 e. The molecule has 1 aliphatic rings. The maximum Gasteiger partial charge on any atom is 0.224 e. The van der Waals surface area contributed by atoms with Crippen LogP contribution in [0.2, 0.25) is 0 Å². The Hall–Kier alpha value is -1.75. The molecule has 1 aromatic carbocycles. The lowest BCUT2D eigenvalue weighted by Crippen LogP contribution is -2.29. The average Bonchev–Trinajstić information content (AvgIpc) is 3.21. The molecule has 0 N–H and O–H groups in total. The first-order valence-corrected chi connectivity index (χ1v) is 9.14. The van der Waals surface area contributed by atoms with E-state index in [9.17, 15) is 4.79 Å². The Kier molecular flexibility index (Phi) is 5.39. The van der Waals surface area contributed by atoms with Crippen molar-refractivity contribution in [2.24, 2.45) is 5.92 Å². The minimum atomic E-state index is 0.255. The highest BCUT2D eigenvalue weighted by atomic mass is 32.2. The van der Waals surface area contributed by atoms with E-state index in [1.165, 1.54) is 4.90 Å². The Morgan fingerprint density at radius 2 is 2.17 bits per heavy atom. The zero-order valence-corrected chi connectivity index (χ0v) is 14.3. The van der Waals surface area contributed by atoms with E-state index >= 15 is 0 Å². The number of rotatable bonds is 6. The number of nitrogens with zero attached hydrogens (tertiary/aromatic N) is 3. The highest BCUT2D eigenvalue weighted by molar-refractivity contribution is 7.99. The number of carbonyl (C=O) groups is 1. The van der Waals surface area contributed by atoms with Gasteiger partial charge in [0.1, 0.15) is 0 Å². The molecule has 2 aromatic rings. The van der Waals surface area contributed by atoms with Crippen LogP contribution in [0.3, 0.4) is 0 Å². The monoisotopic (exact) mass is 329 g/mol. The Morgan fingerprint density at radius 1 is 1.35 bits per heavy atom. The van der Waals surface area contributed by atoms with Gasteiger partial charge < -0.3 is 4.90 Å². The molecule has 0 aliphatic carbocycles. The average molecular weight is 329 g/mol. The number of hydrogen-bond donors (Lipinski definition) is 0. The molecular weight excluding hydrogens is 306 g/mol. The van der Waals surface area contributed by atoms with Gasteiger partial charge in [-0.25, -0.2) is 0 Å². The fourth-order valence-corrected chi connectivity index (χ4v) is 3.93. The summed E-state index contributed by atoms with van der Waals surface area (Å²) in [6.07, 6.45) is 5.47. The van der Waals surface area contributed by atoms with Crippen molar-refractivity contribution in [3.63, 3.8) is 0 Å². The molecule has 0 saturated carbocycles. The molecule has 1 amide bonds. The summed E-state index contributed by atoms with van der Waals surface area (Å²) < 4.78 is 1.85. The fraction of sp³-hybridized carbons (Fsp3) is 0.444. The third kappa shape index (κ3) is 4.61.